The second kappa shape index (κ2) is 25.2. The molecule has 3 saturated heterocycles. The summed E-state index contributed by atoms with van der Waals surface area (Å²) in [6, 6.07) is 29.2. The van der Waals surface area contributed by atoms with Crippen LogP contribution in [0.3, 0.4) is 0 Å². The number of carbonyl (C=O) groups is 3. The Labute approximate surface area is 480 Å². The molecule has 0 saturated carbocycles. The van der Waals surface area contributed by atoms with E-state index >= 15 is 4.39 Å². The summed E-state index contributed by atoms with van der Waals surface area (Å²) in [6.07, 6.45) is 3.47. The molecule has 3 aliphatic heterocycles. The fourth-order valence-corrected chi connectivity index (χ4v) is 14.0. The fraction of sp³-hybridized carbons (Fsp3) is 0.397. The molecule has 81 heavy (non-hydrogen) atoms. The number of urea groups is 1. The van der Waals surface area contributed by atoms with E-state index in [0.29, 0.717) is 75.4 Å². The molecule has 4 aliphatic rings. The molecule has 1 aliphatic carbocycles. The maximum atomic E-state index is 15.2. The molecule has 1 atom stereocenters. The average Bonchev–Trinajstić information content (AvgIpc) is 3.55. The molecule has 15 nitrogen and oxygen atoms in total. The van der Waals surface area contributed by atoms with Crippen molar-refractivity contribution in [3.05, 3.63) is 148 Å². The molecule has 0 unspecified atom stereocenters. The Kier molecular flexibility index (Phi) is 18.6. The lowest BCUT2D eigenvalue weighted by molar-refractivity contribution is -0.120. The van der Waals surface area contributed by atoms with Crippen LogP contribution < -0.4 is 25.2 Å². The molecule has 0 bridgehead atoms. The van der Waals surface area contributed by atoms with E-state index < -0.39 is 70.6 Å². The monoisotopic (exact) mass is 1190 g/mol. The highest BCUT2D eigenvalue weighted by atomic mass is 35.5. The number of hydrogen-bond donors (Lipinski definition) is 3. The van der Waals surface area contributed by atoms with Gasteiger partial charge in [-0.15, -0.1) is 11.8 Å². The van der Waals surface area contributed by atoms with Crippen LogP contribution in [0.25, 0.3) is 5.57 Å². The van der Waals surface area contributed by atoms with Gasteiger partial charge in [-0.05, 0) is 121 Å². The number of amides is 4. The minimum absolute atomic E-state index is 0.0344. The lowest BCUT2D eigenvalue weighted by Crippen LogP contribution is -2.50. The Morgan fingerprint density at radius 2 is 1.44 bits per heavy atom. The van der Waals surface area contributed by atoms with E-state index in [1.165, 1.54) is 51.6 Å². The molecule has 3 fully saturated rings. The van der Waals surface area contributed by atoms with Gasteiger partial charge in [0.2, 0.25) is 5.91 Å². The molecule has 432 valence electrons. The number of thioether (sulfide) groups is 1. The Bertz CT molecular complexity index is 3360. The van der Waals surface area contributed by atoms with Gasteiger partial charge in [0.15, 0.2) is 0 Å². The van der Waals surface area contributed by atoms with Crippen LogP contribution in [0.5, 0.6) is 0 Å². The van der Waals surface area contributed by atoms with E-state index in [1.54, 1.807) is 24.3 Å². The van der Waals surface area contributed by atoms with Gasteiger partial charge in [-0.2, -0.15) is 13.2 Å². The molecule has 0 aromatic heterocycles. The van der Waals surface area contributed by atoms with Gasteiger partial charge < -0.3 is 15.1 Å². The van der Waals surface area contributed by atoms with Crippen molar-refractivity contribution in [2.45, 2.75) is 78.7 Å². The second-order valence-corrected chi connectivity index (χ2v) is 26.8. The maximum absolute atomic E-state index is 15.2. The van der Waals surface area contributed by atoms with Crippen molar-refractivity contribution in [3.63, 3.8) is 0 Å². The van der Waals surface area contributed by atoms with Crippen LogP contribution in [0.1, 0.15) is 67.4 Å². The molecule has 5 aromatic rings. The van der Waals surface area contributed by atoms with Gasteiger partial charge >= 0.3 is 11.5 Å². The summed E-state index contributed by atoms with van der Waals surface area (Å²) < 4.78 is 115. The number of rotatable bonds is 19. The number of piperazine rings is 2. The maximum Gasteiger partial charge on any atom is 0.501 e. The number of anilines is 3. The molecular formula is C58H65ClF4N8O7S3. The Morgan fingerprint density at radius 3 is 2.12 bits per heavy atom. The number of sulfone groups is 1. The summed E-state index contributed by atoms with van der Waals surface area (Å²) in [4.78, 5) is 46.8. The van der Waals surface area contributed by atoms with Gasteiger partial charge in [-0.3, -0.25) is 29.6 Å². The van der Waals surface area contributed by atoms with E-state index in [2.05, 4.69) is 56.2 Å². The van der Waals surface area contributed by atoms with Gasteiger partial charge in [0.05, 0.1) is 16.3 Å². The third kappa shape index (κ3) is 14.8. The van der Waals surface area contributed by atoms with Crippen LogP contribution in [0.2, 0.25) is 5.02 Å². The Morgan fingerprint density at radius 1 is 0.778 bits per heavy atom. The molecular weight excluding hydrogens is 1130 g/mol. The van der Waals surface area contributed by atoms with Gasteiger partial charge in [-0.25, -0.2) is 30.7 Å². The molecule has 9 rings (SSSR count). The van der Waals surface area contributed by atoms with Crippen LogP contribution in [0, 0.1) is 11.2 Å². The summed E-state index contributed by atoms with van der Waals surface area (Å²) in [7, 11) is -11.1. The number of nitrogens with one attached hydrogen (secondary N) is 3. The normalized spacial score (nSPS) is 18.4. The Hall–Kier alpha value is -6.01. The standard InChI is InChI=1S/C58H65ClF4N8O7S3/c1-57(2)24-21-49(40-11-15-44(59)16-12-40)43(36-57)38-69-31-33-70(34-32-69)46-17-13-41(14-18-46)55(73)66-81(77,78)48-19-20-51(52(35-48)80(75,76)58(61,62)63)64-45(39-79-47-8-4-3-5-9-47)22-25-67-27-29-68(30-28-67)37-42-7-6-10-50(60)54(42)71-26-23-53(72)65-56(71)74/h3-20,35,45,64H,21-34,36-39H2,1-2H3,(H,66,73)(H,65,72,74)/t45-/m1/s1. The summed E-state index contributed by atoms with van der Waals surface area (Å²) in [5.74, 6) is -1.80. The van der Waals surface area contributed by atoms with Gasteiger partial charge in [0, 0.05) is 118 Å². The first-order valence-corrected chi connectivity index (χ1v) is 31.2. The number of sulfonamides is 1. The number of hydrogen-bond acceptors (Lipinski definition) is 13. The molecule has 5 aromatic carbocycles. The van der Waals surface area contributed by atoms with Crippen molar-refractivity contribution < 1.29 is 48.8 Å². The Balaban J connectivity index is 0.842. The second-order valence-electron chi connectivity index (χ2n) is 21.7. The summed E-state index contributed by atoms with van der Waals surface area (Å²) in [5, 5.41) is 5.95. The van der Waals surface area contributed by atoms with Crippen LogP contribution in [-0.4, -0.2) is 139 Å². The average molecular weight is 1190 g/mol. The van der Waals surface area contributed by atoms with Crippen molar-refractivity contribution in [3.8, 4) is 0 Å². The zero-order chi connectivity index (χ0) is 57.7. The number of carbonyl (C=O) groups excluding carboxylic acids is 3. The van der Waals surface area contributed by atoms with Crippen molar-refractivity contribution >= 4 is 83.7 Å². The zero-order valence-corrected chi connectivity index (χ0v) is 48.2. The molecule has 3 heterocycles. The molecule has 23 heteroatoms. The van der Waals surface area contributed by atoms with Crippen LogP contribution in [0.4, 0.5) is 39.4 Å². The van der Waals surface area contributed by atoms with E-state index in [9.17, 15) is 44.4 Å². The number of allylic oxidation sites excluding steroid dienone is 1. The summed E-state index contributed by atoms with van der Waals surface area (Å²) in [6.45, 7) is 11.5. The highest BCUT2D eigenvalue weighted by molar-refractivity contribution is 7.99. The highest BCUT2D eigenvalue weighted by Crippen LogP contribution is 2.43. The number of para-hydroxylation sites is 1. The topological polar surface area (TPSA) is 172 Å². The van der Waals surface area contributed by atoms with Gasteiger partial charge in [0.25, 0.3) is 25.8 Å². The van der Waals surface area contributed by atoms with Crippen molar-refractivity contribution in [1.29, 1.82) is 0 Å². The molecule has 3 N–H and O–H groups in total. The van der Waals surface area contributed by atoms with Gasteiger partial charge in [-0.1, -0.05) is 73.5 Å². The predicted octanol–water partition coefficient (Wildman–Crippen LogP) is 9.90. The number of benzene rings is 5. The third-order valence-corrected chi connectivity index (χ3v) is 19.6. The first-order chi connectivity index (χ1) is 38.5. The van der Waals surface area contributed by atoms with Crippen molar-refractivity contribution in [2.24, 2.45) is 5.41 Å². The van der Waals surface area contributed by atoms with Gasteiger partial charge in [0.1, 0.15) is 10.7 Å². The van der Waals surface area contributed by atoms with Crippen molar-refractivity contribution in [1.82, 2.24) is 24.7 Å². The number of halogens is 5. The van der Waals surface area contributed by atoms with E-state index in [0.717, 1.165) is 61.6 Å². The lowest BCUT2D eigenvalue weighted by atomic mass is 9.73. The van der Waals surface area contributed by atoms with Crippen LogP contribution >= 0.6 is 23.4 Å². The fourth-order valence-electron chi connectivity index (χ4n) is 10.8. The number of alkyl halides is 3. The first kappa shape index (κ1) is 59.6. The minimum Gasteiger partial charge on any atom is -0.380 e. The smallest absolute Gasteiger partial charge is 0.380 e. The molecule has 0 radical (unpaired) electrons. The number of imide groups is 1. The van der Waals surface area contributed by atoms with Crippen LogP contribution in [-0.2, 0) is 31.2 Å². The number of nitrogens with zero attached hydrogens (tertiary/aromatic N) is 5. The van der Waals surface area contributed by atoms with E-state index in [4.69, 9.17) is 11.6 Å². The first-order valence-electron chi connectivity index (χ1n) is 26.9. The predicted molar refractivity (Wildman–Crippen MR) is 308 cm³/mol. The minimum atomic E-state index is -6.16. The quantitative estimate of drug-likeness (QED) is 0.0528. The largest absolute Gasteiger partial charge is 0.501 e. The zero-order valence-electron chi connectivity index (χ0n) is 45.0. The lowest BCUT2D eigenvalue weighted by Gasteiger charge is -2.39. The van der Waals surface area contributed by atoms with E-state index in [-0.39, 0.29) is 35.4 Å². The molecule has 4 amide bonds. The third-order valence-electron chi connectivity index (χ3n) is 15.3. The van der Waals surface area contributed by atoms with Crippen LogP contribution in [0.15, 0.2) is 136 Å². The highest BCUT2D eigenvalue weighted by Gasteiger charge is 2.48. The SMILES string of the molecule is CC1(C)CCC(c2ccc(Cl)cc2)=C(CN2CCN(c3ccc(C(=O)NS(=O)(=O)c4ccc(N[C@H](CCN5CCN(Cc6cccc(F)c6N6CCC(=O)NC6=O)CC5)CSc5ccccc5)c(S(=O)(=O)C(F)(F)F)c4)cc3)CC2)C1. The molecule has 0 spiro atoms. The summed E-state index contributed by atoms with van der Waals surface area (Å²) in [5.41, 5.74) is -0.597. The van der Waals surface area contributed by atoms with E-state index in [1.807, 2.05) is 47.2 Å². The van der Waals surface area contributed by atoms with Crippen molar-refractivity contribution in [2.75, 3.05) is 92.9 Å². The summed E-state index contributed by atoms with van der Waals surface area (Å²) >= 11 is 7.61.